The summed E-state index contributed by atoms with van der Waals surface area (Å²) in [6.07, 6.45) is -1.33. The maximum Gasteiger partial charge on any atom is 0.307 e. The molecule has 0 bridgehead atoms. The van der Waals surface area contributed by atoms with Crippen molar-refractivity contribution in [1.82, 2.24) is 4.98 Å². The van der Waals surface area contributed by atoms with Crippen molar-refractivity contribution >= 4 is 32.5 Å². The second-order valence-electron chi connectivity index (χ2n) is 7.05. The van der Waals surface area contributed by atoms with Gasteiger partial charge in [-0.05, 0) is 39.0 Å². The number of benzene rings is 2. The number of fused-ring (bicyclic) bond motifs is 1. The van der Waals surface area contributed by atoms with E-state index in [9.17, 15) is 18.0 Å². The van der Waals surface area contributed by atoms with Crippen LogP contribution in [0.25, 0.3) is 10.9 Å². The zero-order valence-corrected chi connectivity index (χ0v) is 17.4. The molecule has 29 heavy (non-hydrogen) atoms. The summed E-state index contributed by atoms with van der Waals surface area (Å²) in [7, 11) is -3.60. The smallest absolute Gasteiger partial charge is 0.307 e. The Bertz CT molecular complexity index is 1160. The molecule has 0 fully saturated rings. The molecule has 0 aliphatic rings. The van der Waals surface area contributed by atoms with Gasteiger partial charge in [0, 0.05) is 22.2 Å². The van der Waals surface area contributed by atoms with Gasteiger partial charge in [0.25, 0.3) is 0 Å². The van der Waals surface area contributed by atoms with Gasteiger partial charge in [-0.15, -0.1) is 0 Å². The maximum absolute atomic E-state index is 12.8. The Morgan fingerprint density at radius 1 is 1.03 bits per heavy atom. The van der Waals surface area contributed by atoms with Crippen LogP contribution in [0.3, 0.4) is 0 Å². The number of aromatic nitrogens is 1. The molecule has 0 amide bonds. The Hall–Kier alpha value is -2.93. The highest BCUT2D eigenvalue weighted by Crippen LogP contribution is 2.24. The highest BCUT2D eigenvalue weighted by atomic mass is 32.2. The Kier molecular flexibility index (Phi) is 5.88. The van der Waals surface area contributed by atoms with Gasteiger partial charge in [-0.3, -0.25) is 9.59 Å². The second-order valence-corrected chi connectivity index (χ2v) is 9.16. The van der Waals surface area contributed by atoms with Crippen LogP contribution in [0.2, 0.25) is 0 Å². The monoisotopic (exact) mass is 413 g/mol. The summed E-state index contributed by atoms with van der Waals surface area (Å²) in [5.74, 6) is -1.42. The summed E-state index contributed by atoms with van der Waals surface area (Å²) in [6.45, 7) is 5.15. The average Bonchev–Trinajstić information content (AvgIpc) is 3.02. The third-order valence-electron chi connectivity index (χ3n) is 4.77. The molecule has 0 saturated carbocycles. The van der Waals surface area contributed by atoms with Crippen molar-refractivity contribution in [3.63, 3.8) is 0 Å². The minimum absolute atomic E-state index is 0.162. The number of aromatic amines is 1. The number of carbonyl (C=O) groups excluding carboxylic acids is 2. The molecule has 0 aliphatic carbocycles. The van der Waals surface area contributed by atoms with E-state index in [2.05, 4.69) is 4.98 Å². The number of para-hydroxylation sites is 1. The summed E-state index contributed by atoms with van der Waals surface area (Å²) in [5, 5.41) is 0.764. The number of H-pyrrole nitrogens is 1. The maximum atomic E-state index is 12.8. The first-order chi connectivity index (χ1) is 13.7. The fourth-order valence-electron chi connectivity index (χ4n) is 3.19. The highest BCUT2D eigenvalue weighted by molar-refractivity contribution is 7.91. The number of sulfone groups is 1. The molecule has 3 rings (SSSR count). The zero-order valence-electron chi connectivity index (χ0n) is 16.6. The van der Waals surface area contributed by atoms with Gasteiger partial charge in [-0.2, -0.15) is 0 Å². The zero-order chi connectivity index (χ0) is 21.2. The molecule has 152 valence electrons. The molecule has 3 aromatic rings. The van der Waals surface area contributed by atoms with Gasteiger partial charge in [-0.25, -0.2) is 8.42 Å². The van der Waals surface area contributed by atoms with Crippen LogP contribution in [0.5, 0.6) is 0 Å². The second kappa shape index (κ2) is 8.21. The van der Waals surface area contributed by atoms with Crippen molar-refractivity contribution in [1.29, 1.82) is 0 Å². The Morgan fingerprint density at radius 3 is 2.38 bits per heavy atom. The molecular formula is C22H23NO5S. The van der Waals surface area contributed by atoms with E-state index in [1.54, 1.807) is 19.1 Å². The van der Waals surface area contributed by atoms with E-state index in [0.29, 0.717) is 11.3 Å². The van der Waals surface area contributed by atoms with Crippen LogP contribution in [0.15, 0.2) is 53.4 Å². The summed E-state index contributed by atoms with van der Waals surface area (Å²) in [4.78, 5) is 28.3. The predicted octanol–water partition coefficient (Wildman–Crippen LogP) is 3.76. The first-order valence-corrected chi connectivity index (χ1v) is 10.9. The number of Topliss-reactive ketones (excluding diaryl/α,β-unsaturated/α-hetero) is 1. The number of carbonyl (C=O) groups is 2. The third-order valence-corrected chi connectivity index (χ3v) is 6.50. The Labute approximate surface area is 169 Å². The van der Waals surface area contributed by atoms with Crippen LogP contribution >= 0.6 is 0 Å². The summed E-state index contributed by atoms with van der Waals surface area (Å²) in [5.41, 5.74) is 2.95. The minimum atomic E-state index is -3.60. The molecule has 0 saturated heterocycles. The van der Waals surface area contributed by atoms with Crippen LogP contribution in [0, 0.1) is 13.8 Å². The van der Waals surface area contributed by atoms with Crippen LogP contribution in [-0.4, -0.2) is 37.0 Å². The summed E-state index contributed by atoms with van der Waals surface area (Å²) in [6, 6.07) is 13.8. The number of nitrogens with one attached hydrogen (secondary N) is 1. The van der Waals surface area contributed by atoms with E-state index in [1.807, 2.05) is 31.2 Å². The molecule has 0 unspecified atom stereocenters. The van der Waals surface area contributed by atoms with Crippen molar-refractivity contribution < 1.29 is 22.7 Å². The standard InChI is InChI=1S/C22H23NO5S/c1-14-8-10-17(11-9-14)29(26,27)13-12-20(24)28-16(3)22(25)21-15(2)23-19-7-5-4-6-18(19)21/h4-11,16,23H,12-13H2,1-3H3/t16-/m0/s1. The van der Waals surface area contributed by atoms with E-state index < -0.39 is 21.9 Å². The lowest BCUT2D eigenvalue weighted by Gasteiger charge is -2.13. The molecular weight excluding hydrogens is 390 g/mol. The molecule has 1 heterocycles. The van der Waals surface area contributed by atoms with Crippen molar-refractivity contribution in [2.45, 2.75) is 38.2 Å². The van der Waals surface area contributed by atoms with Gasteiger partial charge in [0.15, 0.2) is 15.9 Å². The summed E-state index contributed by atoms with van der Waals surface area (Å²) >= 11 is 0. The predicted molar refractivity (Wildman–Crippen MR) is 111 cm³/mol. The van der Waals surface area contributed by atoms with E-state index in [-0.39, 0.29) is 22.9 Å². The number of ketones is 1. The molecule has 0 aliphatic heterocycles. The molecule has 6 nitrogen and oxygen atoms in total. The average molecular weight is 413 g/mol. The normalized spacial score (nSPS) is 12.7. The van der Waals surface area contributed by atoms with Crippen LogP contribution in [0.1, 0.15) is 35.0 Å². The molecule has 0 spiro atoms. The van der Waals surface area contributed by atoms with E-state index in [4.69, 9.17) is 4.74 Å². The minimum Gasteiger partial charge on any atom is -0.454 e. The Balaban J connectivity index is 1.65. The number of aryl methyl sites for hydroxylation is 2. The van der Waals surface area contributed by atoms with E-state index >= 15 is 0 Å². The molecule has 2 aromatic carbocycles. The van der Waals surface area contributed by atoms with Gasteiger partial charge >= 0.3 is 5.97 Å². The lowest BCUT2D eigenvalue weighted by Crippen LogP contribution is -2.26. The third kappa shape index (κ3) is 4.56. The largest absolute Gasteiger partial charge is 0.454 e. The lowest BCUT2D eigenvalue weighted by atomic mass is 10.0. The highest BCUT2D eigenvalue weighted by Gasteiger charge is 2.25. The Morgan fingerprint density at radius 2 is 1.69 bits per heavy atom. The first-order valence-electron chi connectivity index (χ1n) is 9.29. The van der Waals surface area contributed by atoms with Crippen LogP contribution in [0.4, 0.5) is 0 Å². The van der Waals surface area contributed by atoms with Crippen molar-refractivity contribution in [2.24, 2.45) is 0 Å². The van der Waals surface area contributed by atoms with Crippen molar-refractivity contribution in [3.8, 4) is 0 Å². The van der Waals surface area contributed by atoms with Gasteiger partial charge < -0.3 is 9.72 Å². The number of ether oxygens (including phenoxy) is 1. The van der Waals surface area contributed by atoms with Gasteiger partial charge in [0.1, 0.15) is 0 Å². The van der Waals surface area contributed by atoms with Gasteiger partial charge in [-0.1, -0.05) is 35.9 Å². The molecule has 1 N–H and O–H groups in total. The van der Waals surface area contributed by atoms with E-state index in [0.717, 1.165) is 16.5 Å². The fraction of sp³-hybridized carbons (Fsp3) is 0.273. The summed E-state index contributed by atoms with van der Waals surface area (Å²) < 4.78 is 30.0. The number of esters is 1. The molecule has 7 heteroatoms. The topological polar surface area (TPSA) is 93.3 Å². The molecule has 1 atom stereocenters. The number of hydrogen-bond donors (Lipinski definition) is 1. The SMILES string of the molecule is Cc1ccc(S(=O)(=O)CCC(=O)O[C@@H](C)C(=O)c2c(C)[nH]c3ccccc23)cc1. The fourth-order valence-corrected chi connectivity index (χ4v) is 4.41. The first kappa shape index (κ1) is 20.8. The van der Waals surface area contributed by atoms with Crippen LogP contribution in [-0.2, 0) is 19.4 Å². The quantitative estimate of drug-likeness (QED) is 0.470. The van der Waals surface area contributed by atoms with Crippen molar-refractivity contribution in [3.05, 3.63) is 65.4 Å². The van der Waals surface area contributed by atoms with E-state index in [1.165, 1.54) is 19.1 Å². The van der Waals surface area contributed by atoms with Gasteiger partial charge in [0.2, 0.25) is 5.78 Å². The number of rotatable bonds is 7. The van der Waals surface area contributed by atoms with Gasteiger partial charge in [0.05, 0.1) is 17.1 Å². The molecule has 1 aromatic heterocycles. The van der Waals surface area contributed by atoms with Crippen molar-refractivity contribution in [2.75, 3.05) is 5.75 Å². The molecule has 0 radical (unpaired) electrons. The number of hydrogen-bond acceptors (Lipinski definition) is 5. The lowest BCUT2D eigenvalue weighted by molar-refractivity contribution is -0.145. The van der Waals surface area contributed by atoms with Crippen LogP contribution < -0.4 is 0 Å².